The molecule has 0 saturated carbocycles. The van der Waals surface area contributed by atoms with Crippen molar-refractivity contribution >= 4 is 17.6 Å². The van der Waals surface area contributed by atoms with E-state index in [9.17, 15) is 14.0 Å². The summed E-state index contributed by atoms with van der Waals surface area (Å²) in [6, 6.07) is 3.79. The Hall–Kier alpha value is -2.11. The Kier molecular flexibility index (Phi) is 5.78. The molecule has 0 unspecified atom stereocenters. The smallest absolute Gasteiger partial charge is 0.319 e. The fourth-order valence-corrected chi connectivity index (χ4v) is 1.39. The normalized spacial score (nSPS) is 9.84. The predicted octanol–water partition coefficient (Wildman–Crippen LogP) is 1.78. The fraction of sp³-hybridized carbons (Fsp3) is 0.385. The van der Waals surface area contributed by atoms with Gasteiger partial charge in [0.05, 0.1) is 12.2 Å². The minimum absolute atomic E-state index is 0.0893. The van der Waals surface area contributed by atoms with E-state index >= 15 is 0 Å². The van der Waals surface area contributed by atoms with Gasteiger partial charge in [-0.3, -0.25) is 4.79 Å². The van der Waals surface area contributed by atoms with Crippen molar-refractivity contribution in [3.05, 3.63) is 29.6 Å². The molecule has 1 aromatic carbocycles. The molecule has 0 bridgehead atoms. The molecule has 1 aromatic rings. The van der Waals surface area contributed by atoms with Crippen LogP contribution in [0.1, 0.15) is 18.9 Å². The zero-order valence-electron chi connectivity index (χ0n) is 11.0. The molecule has 0 fully saturated rings. The summed E-state index contributed by atoms with van der Waals surface area (Å²) in [6.45, 7) is 4.15. The van der Waals surface area contributed by atoms with Crippen molar-refractivity contribution in [2.75, 3.05) is 18.4 Å². The summed E-state index contributed by atoms with van der Waals surface area (Å²) in [5, 5.41) is 7.33. The summed E-state index contributed by atoms with van der Waals surface area (Å²) in [5.41, 5.74) is 0.920. The van der Waals surface area contributed by atoms with Gasteiger partial charge in [0.15, 0.2) is 0 Å². The summed E-state index contributed by atoms with van der Waals surface area (Å²) in [5.74, 6) is -0.794. The number of nitrogens with one attached hydrogen (secondary N) is 3. The molecule has 0 saturated heterocycles. The third-order valence-corrected chi connectivity index (χ3v) is 2.35. The largest absolute Gasteiger partial charge is 0.355 e. The SMILES string of the molecule is CCCNC(=O)CNC(=O)Nc1cc(C)ccc1F. The van der Waals surface area contributed by atoms with E-state index in [1.54, 1.807) is 13.0 Å². The molecule has 3 amide bonds. The van der Waals surface area contributed by atoms with E-state index in [-0.39, 0.29) is 18.1 Å². The molecular weight excluding hydrogens is 249 g/mol. The van der Waals surface area contributed by atoms with Crippen LogP contribution in [0.4, 0.5) is 14.9 Å². The van der Waals surface area contributed by atoms with Gasteiger partial charge in [-0.2, -0.15) is 0 Å². The quantitative estimate of drug-likeness (QED) is 0.761. The van der Waals surface area contributed by atoms with E-state index < -0.39 is 11.8 Å². The van der Waals surface area contributed by atoms with Crippen molar-refractivity contribution in [3.63, 3.8) is 0 Å². The van der Waals surface area contributed by atoms with Gasteiger partial charge in [0, 0.05) is 6.54 Å². The number of hydrogen-bond donors (Lipinski definition) is 3. The molecule has 0 spiro atoms. The molecule has 0 atom stereocenters. The maximum absolute atomic E-state index is 13.4. The van der Waals surface area contributed by atoms with Crippen LogP contribution in [0, 0.1) is 12.7 Å². The van der Waals surface area contributed by atoms with Gasteiger partial charge < -0.3 is 16.0 Å². The number of anilines is 1. The molecule has 0 radical (unpaired) electrons. The van der Waals surface area contributed by atoms with Crippen LogP contribution in [0.5, 0.6) is 0 Å². The average molecular weight is 267 g/mol. The molecule has 0 heterocycles. The van der Waals surface area contributed by atoms with E-state index in [0.29, 0.717) is 6.54 Å². The van der Waals surface area contributed by atoms with Crippen molar-refractivity contribution in [2.45, 2.75) is 20.3 Å². The minimum atomic E-state index is -0.615. The number of carbonyl (C=O) groups is 2. The molecule has 0 aliphatic heterocycles. The second-order valence-corrected chi connectivity index (χ2v) is 4.14. The molecule has 5 nitrogen and oxygen atoms in total. The van der Waals surface area contributed by atoms with Gasteiger partial charge in [-0.25, -0.2) is 9.18 Å². The highest BCUT2D eigenvalue weighted by molar-refractivity contribution is 5.92. The van der Waals surface area contributed by atoms with Crippen molar-refractivity contribution in [1.82, 2.24) is 10.6 Å². The first kappa shape index (κ1) is 14.9. The summed E-state index contributed by atoms with van der Waals surface area (Å²) in [6.07, 6.45) is 0.826. The lowest BCUT2D eigenvalue weighted by Gasteiger charge is -2.09. The fourth-order valence-electron chi connectivity index (χ4n) is 1.39. The van der Waals surface area contributed by atoms with Gasteiger partial charge in [-0.05, 0) is 31.0 Å². The number of urea groups is 1. The number of benzene rings is 1. The van der Waals surface area contributed by atoms with Gasteiger partial charge in [-0.15, -0.1) is 0 Å². The van der Waals surface area contributed by atoms with Crippen LogP contribution in [0.2, 0.25) is 0 Å². The third-order valence-electron chi connectivity index (χ3n) is 2.35. The first-order chi connectivity index (χ1) is 9.02. The first-order valence-electron chi connectivity index (χ1n) is 6.10. The van der Waals surface area contributed by atoms with E-state index in [0.717, 1.165) is 12.0 Å². The third kappa shape index (κ3) is 5.37. The van der Waals surface area contributed by atoms with E-state index in [2.05, 4.69) is 16.0 Å². The van der Waals surface area contributed by atoms with Crippen LogP contribution >= 0.6 is 0 Å². The van der Waals surface area contributed by atoms with Gasteiger partial charge in [0.25, 0.3) is 0 Å². The highest BCUT2D eigenvalue weighted by Crippen LogP contribution is 2.15. The Balaban J connectivity index is 2.43. The van der Waals surface area contributed by atoms with Crippen LogP contribution in [0.25, 0.3) is 0 Å². The standard InChI is InChI=1S/C13H18FN3O2/c1-3-6-15-12(18)8-16-13(19)17-11-7-9(2)4-5-10(11)14/h4-5,7H,3,6,8H2,1-2H3,(H,15,18)(H2,16,17,19). The number of amides is 3. The number of aryl methyl sites for hydroxylation is 1. The van der Waals surface area contributed by atoms with E-state index in [1.807, 2.05) is 6.92 Å². The van der Waals surface area contributed by atoms with Gasteiger partial charge in [-0.1, -0.05) is 13.0 Å². The van der Waals surface area contributed by atoms with Gasteiger partial charge in [0.1, 0.15) is 5.82 Å². The predicted molar refractivity (Wildman–Crippen MR) is 71.5 cm³/mol. The monoisotopic (exact) mass is 267 g/mol. The highest BCUT2D eigenvalue weighted by atomic mass is 19.1. The number of carbonyl (C=O) groups excluding carboxylic acids is 2. The Morgan fingerprint density at radius 2 is 2.00 bits per heavy atom. The Labute approximate surface area is 111 Å². The van der Waals surface area contributed by atoms with Crippen molar-refractivity contribution < 1.29 is 14.0 Å². The molecule has 0 aromatic heterocycles. The zero-order chi connectivity index (χ0) is 14.3. The van der Waals surface area contributed by atoms with Crippen molar-refractivity contribution in [2.24, 2.45) is 0 Å². The molecular formula is C13H18FN3O2. The van der Waals surface area contributed by atoms with Crippen LogP contribution in [-0.4, -0.2) is 25.0 Å². The average Bonchev–Trinajstić information content (AvgIpc) is 2.38. The molecule has 104 valence electrons. The first-order valence-corrected chi connectivity index (χ1v) is 6.10. The molecule has 0 aliphatic carbocycles. The van der Waals surface area contributed by atoms with Crippen molar-refractivity contribution in [1.29, 1.82) is 0 Å². The van der Waals surface area contributed by atoms with Crippen LogP contribution in [0.3, 0.4) is 0 Å². The minimum Gasteiger partial charge on any atom is -0.355 e. The Morgan fingerprint density at radius 3 is 2.68 bits per heavy atom. The molecule has 6 heteroatoms. The summed E-state index contributed by atoms with van der Waals surface area (Å²) in [4.78, 5) is 22.7. The lowest BCUT2D eigenvalue weighted by atomic mass is 10.2. The maximum atomic E-state index is 13.4. The number of halogens is 1. The van der Waals surface area contributed by atoms with Gasteiger partial charge >= 0.3 is 6.03 Å². The lowest BCUT2D eigenvalue weighted by Crippen LogP contribution is -2.39. The lowest BCUT2D eigenvalue weighted by molar-refractivity contribution is -0.120. The second-order valence-electron chi connectivity index (χ2n) is 4.14. The Bertz CT molecular complexity index is 463. The maximum Gasteiger partial charge on any atom is 0.319 e. The summed E-state index contributed by atoms with van der Waals surface area (Å²) < 4.78 is 13.4. The number of rotatable bonds is 5. The van der Waals surface area contributed by atoms with Crippen molar-refractivity contribution in [3.8, 4) is 0 Å². The van der Waals surface area contributed by atoms with Crippen LogP contribution in [-0.2, 0) is 4.79 Å². The molecule has 3 N–H and O–H groups in total. The zero-order valence-corrected chi connectivity index (χ0v) is 11.0. The summed E-state index contributed by atoms with van der Waals surface area (Å²) >= 11 is 0. The summed E-state index contributed by atoms with van der Waals surface area (Å²) in [7, 11) is 0. The number of hydrogen-bond acceptors (Lipinski definition) is 2. The molecule has 0 aliphatic rings. The molecule has 1 rings (SSSR count). The second kappa shape index (κ2) is 7.35. The van der Waals surface area contributed by atoms with E-state index in [4.69, 9.17) is 0 Å². The van der Waals surface area contributed by atoms with E-state index in [1.165, 1.54) is 12.1 Å². The van der Waals surface area contributed by atoms with Gasteiger partial charge in [0.2, 0.25) is 5.91 Å². The molecule has 19 heavy (non-hydrogen) atoms. The highest BCUT2D eigenvalue weighted by Gasteiger charge is 2.08. The topological polar surface area (TPSA) is 70.2 Å². The Morgan fingerprint density at radius 1 is 1.26 bits per heavy atom. The van der Waals surface area contributed by atoms with Crippen LogP contribution in [0.15, 0.2) is 18.2 Å². The van der Waals surface area contributed by atoms with Crippen LogP contribution < -0.4 is 16.0 Å².